The summed E-state index contributed by atoms with van der Waals surface area (Å²) in [6.45, 7) is 5.70. The van der Waals surface area contributed by atoms with Crippen LogP contribution in [0.15, 0.2) is 0 Å². The van der Waals surface area contributed by atoms with Crippen LogP contribution in [-0.4, -0.2) is 35.5 Å². The molecule has 0 heterocycles. The zero-order valence-electron chi connectivity index (χ0n) is 11.9. The molecular weight excluding hydrogens is 248 g/mol. The maximum atomic E-state index is 11.5. The lowest BCUT2D eigenvalue weighted by molar-refractivity contribution is -0.141. The Kier molecular flexibility index (Phi) is 8.57. The van der Waals surface area contributed by atoms with Gasteiger partial charge in [-0.3, -0.25) is 9.59 Å². The summed E-state index contributed by atoms with van der Waals surface area (Å²) in [6.07, 6.45) is 2.18. The molecule has 6 nitrogen and oxygen atoms in total. The van der Waals surface area contributed by atoms with Gasteiger partial charge in [0, 0.05) is 6.42 Å². The summed E-state index contributed by atoms with van der Waals surface area (Å²) in [5, 5.41) is 13.7. The fraction of sp³-hybridized carbons (Fsp3) is 0.769. The van der Waals surface area contributed by atoms with Crippen LogP contribution < -0.4 is 10.6 Å². The molecule has 0 saturated heterocycles. The number of carboxylic acids is 1. The Morgan fingerprint density at radius 3 is 2.21 bits per heavy atom. The SMILES string of the molecule is CCCC(NC(=O)CNC(=O)CCC(C)C)C(=O)O. The highest BCUT2D eigenvalue weighted by Gasteiger charge is 2.18. The van der Waals surface area contributed by atoms with Crippen molar-refractivity contribution in [1.82, 2.24) is 10.6 Å². The number of aliphatic carboxylic acids is 1. The number of hydrogen-bond acceptors (Lipinski definition) is 3. The fourth-order valence-corrected chi connectivity index (χ4v) is 1.48. The van der Waals surface area contributed by atoms with Gasteiger partial charge >= 0.3 is 5.97 Å². The summed E-state index contributed by atoms with van der Waals surface area (Å²) in [5.41, 5.74) is 0. The molecule has 0 aromatic rings. The van der Waals surface area contributed by atoms with E-state index in [1.54, 1.807) is 0 Å². The Morgan fingerprint density at radius 2 is 1.74 bits per heavy atom. The molecule has 0 aromatic heterocycles. The third-order valence-corrected chi connectivity index (χ3v) is 2.61. The van der Waals surface area contributed by atoms with E-state index < -0.39 is 17.9 Å². The summed E-state index contributed by atoms with van der Waals surface area (Å²) >= 11 is 0. The average Bonchev–Trinajstić information content (AvgIpc) is 2.33. The molecule has 0 spiro atoms. The van der Waals surface area contributed by atoms with Crippen LogP contribution in [0.1, 0.15) is 46.5 Å². The molecule has 1 atom stereocenters. The molecule has 0 bridgehead atoms. The first kappa shape index (κ1) is 17.4. The highest BCUT2D eigenvalue weighted by Crippen LogP contribution is 2.02. The predicted octanol–water partition coefficient (Wildman–Crippen LogP) is 0.908. The average molecular weight is 272 g/mol. The highest BCUT2D eigenvalue weighted by molar-refractivity contribution is 5.87. The minimum Gasteiger partial charge on any atom is -0.480 e. The lowest BCUT2D eigenvalue weighted by Crippen LogP contribution is -2.45. The van der Waals surface area contributed by atoms with E-state index in [9.17, 15) is 14.4 Å². The molecule has 1 unspecified atom stereocenters. The van der Waals surface area contributed by atoms with Gasteiger partial charge in [-0.2, -0.15) is 0 Å². The number of hydrogen-bond donors (Lipinski definition) is 3. The Labute approximate surface area is 113 Å². The van der Waals surface area contributed by atoms with Gasteiger partial charge in [0.1, 0.15) is 6.04 Å². The zero-order valence-corrected chi connectivity index (χ0v) is 11.9. The van der Waals surface area contributed by atoms with E-state index in [1.165, 1.54) is 0 Å². The van der Waals surface area contributed by atoms with Crippen LogP contribution >= 0.6 is 0 Å². The van der Waals surface area contributed by atoms with E-state index in [4.69, 9.17) is 5.11 Å². The molecule has 3 N–H and O–H groups in total. The lowest BCUT2D eigenvalue weighted by Gasteiger charge is -2.13. The van der Waals surface area contributed by atoms with Crippen molar-refractivity contribution >= 4 is 17.8 Å². The van der Waals surface area contributed by atoms with Crippen LogP contribution in [0.2, 0.25) is 0 Å². The van der Waals surface area contributed by atoms with Crippen LogP contribution in [-0.2, 0) is 14.4 Å². The topological polar surface area (TPSA) is 95.5 Å². The first-order valence-electron chi connectivity index (χ1n) is 6.65. The first-order chi connectivity index (χ1) is 8.86. The zero-order chi connectivity index (χ0) is 14.8. The Morgan fingerprint density at radius 1 is 1.11 bits per heavy atom. The van der Waals surface area contributed by atoms with Gasteiger partial charge < -0.3 is 15.7 Å². The molecule has 0 radical (unpaired) electrons. The standard InChI is InChI=1S/C13H24N2O4/c1-4-5-10(13(18)19)15-12(17)8-14-11(16)7-6-9(2)3/h9-10H,4-8H2,1-3H3,(H,14,16)(H,15,17)(H,18,19). The molecule has 0 saturated carbocycles. The third kappa shape index (κ3) is 9.04. The molecule has 0 aromatic carbocycles. The normalized spacial score (nSPS) is 12.0. The third-order valence-electron chi connectivity index (χ3n) is 2.61. The van der Waals surface area contributed by atoms with Crippen molar-refractivity contribution < 1.29 is 19.5 Å². The Hall–Kier alpha value is -1.59. The van der Waals surface area contributed by atoms with Crippen LogP contribution in [0.5, 0.6) is 0 Å². The summed E-state index contributed by atoms with van der Waals surface area (Å²) in [6, 6.07) is -0.884. The molecule has 19 heavy (non-hydrogen) atoms. The van der Waals surface area contributed by atoms with Gasteiger partial charge in [0.05, 0.1) is 6.54 Å². The maximum Gasteiger partial charge on any atom is 0.326 e. The summed E-state index contributed by atoms with van der Waals surface area (Å²) < 4.78 is 0. The van der Waals surface area contributed by atoms with Gasteiger partial charge in [-0.15, -0.1) is 0 Å². The van der Waals surface area contributed by atoms with E-state index in [-0.39, 0.29) is 12.5 Å². The monoisotopic (exact) mass is 272 g/mol. The molecule has 2 amide bonds. The molecule has 0 aliphatic heterocycles. The van der Waals surface area contributed by atoms with Crippen molar-refractivity contribution in [3.05, 3.63) is 0 Å². The van der Waals surface area contributed by atoms with E-state index in [0.29, 0.717) is 25.2 Å². The number of rotatable bonds is 9. The van der Waals surface area contributed by atoms with Crippen molar-refractivity contribution in [2.24, 2.45) is 5.92 Å². The second kappa shape index (κ2) is 9.35. The number of nitrogens with one attached hydrogen (secondary N) is 2. The summed E-state index contributed by atoms with van der Waals surface area (Å²) in [7, 11) is 0. The fourth-order valence-electron chi connectivity index (χ4n) is 1.48. The number of carbonyl (C=O) groups excluding carboxylic acids is 2. The first-order valence-corrected chi connectivity index (χ1v) is 6.65. The summed E-state index contributed by atoms with van der Waals surface area (Å²) in [5.74, 6) is -1.29. The van der Waals surface area contributed by atoms with Gasteiger partial charge in [0.15, 0.2) is 0 Å². The highest BCUT2D eigenvalue weighted by atomic mass is 16.4. The van der Waals surface area contributed by atoms with E-state index in [0.717, 1.165) is 6.42 Å². The van der Waals surface area contributed by atoms with Crippen LogP contribution in [0.25, 0.3) is 0 Å². The number of carbonyl (C=O) groups is 3. The van der Waals surface area contributed by atoms with Crippen molar-refractivity contribution in [3.63, 3.8) is 0 Å². The van der Waals surface area contributed by atoms with Crippen LogP contribution in [0.3, 0.4) is 0 Å². The summed E-state index contributed by atoms with van der Waals surface area (Å²) in [4.78, 5) is 33.7. The van der Waals surface area contributed by atoms with Gasteiger partial charge in [-0.05, 0) is 18.8 Å². The van der Waals surface area contributed by atoms with Gasteiger partial charge in [0.25, 0.3) is 0 Å². The Balaban J connectivity index is 3.96. The molecule has 0 fully saturated rings. The van der Waals surface area contributed by atoms with Crippen LogP contribution in [0.4, 0.5) is 0 Å². The Bertz CT molecular complexity index is 316. The van der Waals surface area contributed by atoms with Crippen molar-refractivity contribution in [3.8, 4) is 0 Å². The second-order valence-electron chi connectivity index (χ2n) is 4.96. The van der Waals surface area contributed by atoms with Crippen molar-refractivity contribution in [1.29, 1.82) is 0 Å². The van der Waals surface area contributed by atoms with Gasteiger partial charge in [0.2, 0.25) is 11.8 Å². The molecule has 0 rings (SSSR count). The van der Waals surface area contributed by atoms with Gasteiger partial charge in [-0.1, -0.05) is 27.2 Å². The largest absolute Gasteiger partial charge is 0.480 e. The van der Waals surface area contributed by atoms with Crippen LogP contribution in [0, 0.1) is 5.92 Å². The van der Waals surface area contributed by atoms with E-state index in [2.05, 4.69) is 10.6 Å². The molecular formula is C13H24N2O4. The maximum absolute atomic E-state index is 11.5. The molecule has 0 aliphatic rings. The van der Waals surface area contributed by atoms with Crippen molar-refractivity contribution in [2.75, 3.05) is 6.54 Å². The molecule has 110 valence electrons. The second-order valence-corrected chi connectivity index (χ2v) is 4.96. The molecule has 6 heteroatoms. The number of amides is 2. The minimum atomic E-state index is -1.05. The van der Waals surface area contributed by atoms with E-state index in [1.807, 2.05) is 20.8 Å². The van der Waals surface area contributed by atoms with E-state index >= 15 is 0 Å². The lowest BCUT2D eigenvalue weighted by atomic mass is 10.1. The predicted molar refractivity (Wildman–Crippen MR) is 71.6 cm³/mol. The number of carboxylic acid groups (broad SMARTS) is 1. The smallest absolute Gasteiger partial charge is 0.326 e. The molecule has 0 aliphatic carbocycles. The van der Waals surface area contributed by atoms with Crippen molar-refractivity contribution in [2.45, 2.75) is 52.5 Å². The minimum absolute atomic E-state index is 0.176. The quantitative estimate of drug-likeness (QED) is 0.581. The van der Waals surface area contributed by atoms with Gasteiger partial charge in [-0.25, -0.2) is 4.79 Å².